The van der Waals surface area contributed by atoms with Crippen LogP contribution < -0.4 is 5.32 Å². The molecule has 4 heteroatoms. The Labute approximate surface area is 128 Å². The summed E-state index contributed by atoms with van der Waals surface area (Å²) in [5.41, 5.74) is 2.82. The Morgan fingerprint density at radius 2 is 2.00 bits per heavy atom. The van der Waals surface area contributed by atoms with Crippen LogP contribution in [0, 0.1) is 11.3 Å². The summed E-state index contributed by atoms with van der Waals surface area (Å²) in [6, 6.07) is 18.5. The number of carbonyl (C=O) groups is 1. The first-order valence-corrected chi connectivity index (χ1v) is 6.88. The first-order chi connectivity index (χ1) is 10.8. The normalized spacial score (nSPS) is 10.1. The number of rotatable bonds is 3. The van der Waals surface area contributed by atoms with Gasteiger partial charge in [-0.1, -0.05) is 24.3 Å². The van der Waals surface area contributed by atoms with Crippen LogP contribution in [0.15, 0.2) is 60.8 Å². The topological polar surface area (TPSA) is 65.8 Å². The first kappa shape index (κ1) is 13.8. The van der Waals surface area contributed by atoms with Crippen molar-refractivity contribution >= 4 is 16.8 Å². The maximum Gasteiger partial charge on any atom is 0.251 e. The number of amides is 1. The van der Waals surface area contributed by atoms with Gasteiger partial charge in [0.2, 0.25) is 0 Å². The molecule has 0 saturated heterocycles. The SMILES string of the molecule is N#Cc1cccc(C(=O)NCc2cnc3ccccc3c2)c1. The van der Waals surface area contributed by atoms with E-state index in [2.05, 4.69) is 10.3 Å². The quantitative estimate of drug-likeness (QED) is 0.805. The van der Waals surface area contributed by atoms with E-state index in [9.17, 15) is 4.79 Å². The molecular weight excluding hydrogens is 274 g/mol. The summed E-state index contributed by atoms with van der Waals surface area (Å²) < 4.78 is 0. The van der Waals surface area contributed by atoms with Gasteiger partial charge in [-0.05, 0) is 35.9 Å². The Balaban J connectivity index is 1.73. The number of nitrogens with zero attached hydrogens (tertiary/aromatic N) is 2. The van der Waals surface area contributed by atoms with Gasteiger partial charge in [-0.15, -0.1) is 0 Å². The zero-order valence-corrected chi connectivity index (χ0v) is 11.8. The van der Waals surface area contributed by atoms with Gasteiger partial charge in [-0.3, -0.25) is 9.78 Å². The first-order valence-electron chi connectivity index (χ1n) is 6.88. The van der Waals surface area contributed by atoms with Crippen LogP contribution >= 0.6 is 0 Å². The smallest absolute Gasteiger partial charge is 0.251 e. The van der Waals surface area contributed by atoms with E-state index in [0.717, 1.165) is 16.5 Å². The molecule has 1 amide bonds. The van der Waals surface area contributed by atoms with E-state index in [-0.39, 0.29) is 5.91 Å². The minimum absolute atomic E-state index is 0.203. The number of carbonyl (C=O) groups excluding carboxylic acids is 1. The highest BCUT2D eigenvalue weighted by molar-refractivity contribution is 5.94. The van der Waals surface area contributed by atoms with Gasteiger partial charge in [0.05, 0.1) is 17.1 Å². The lowest BCUT2D eigenvalue weighted by Gasteiger charge is -2.06. The van der Waals surface area contributed by atoms with Gasteiger partial charge in [0.25, 0.3) is 5.91 Å². The van der Waals surface area contributed by atoms with Crippen molar-refractivity contribution < 1.29 is 4.79 Å². The number of nitrogens with one attached hydrogen (secondary N) is 1. The average Bonchev–Trinajstić information content (AvgIpc) is 2.59. The monoisotopic (exact) mass is 287 g/mol. The minimum atomic E-state index is -0.203. The van der Waals surface area contributed by atoms with Gasteiger partial charge in [-0.25, -0.2) is 0 Å². The highest BCUT2D eigenvalue weighted by Crippen LogP contribution is 2.12. The largest absolute Gasteiger partial charge is 0.348 e. The third-order valence-corrected chi connectivity index (χ3v) is 3.35. The average molecular weight is 287 g/mol. The van der Waals surface area contributed by atoms with Crippen LogP contribution in [0.4, 0.5) is 0 Å². The lowest BCUT2D eigenvalue weighted by atomic mass is 10.1. The van der Waals surface area contributed by atoms with Crippen LogP contribution in [-0.4, -0.2) is 10.9 Å². The molecule has 0 unspecified atom stereocenters. The standard InChI is InChI=1S/C18H13N3O/c19-10-13-4-3-6-16(8-13)18(22)21-12-14-9-15-5-1-2-7-17(15)20-11-14/h1-9,11H,12H2,(H,21,22). The van der Waals surface area contributed by atoms with Crippen LogP contribution in [0.1, 0.15) is 21.5 Å². The highest BCUT2D eigenvalue weighted by atomic mass is 16.1. The second-order valence-corrected chi connectivity index (χ2v) is 4.91. The Hall–Kier alpha value is -3.19. The number of nitriles is 1. The number of hydrogen-bond donors (Lipinski definition) is 1. The molecule has 0 saturated carbocycles. The van der Waals surface area contributed by atoms with Gasteiger partial charge in [0.1, 0.15) is 0 Å². The van der Waals surface area contributed by atoms with Gasteiger partial charge < -0.3 is 5.32 Å². The van der Waals surface area contributed by atoms with Crippen LogP contribution in [0.25, 0.3) is 10.9 Å². The summed E-state index contributed by atoms with van der Waals surface area (Å²) in [5, 5.41) is 12.7. The van der Waals surface area contributed by atoms with Crippen molar-refractivity contribution in [2.45, 2.75) is 6.54 Å². The molecule has 0 radical (unpaired) electrons. The maximum absolute atomic E-state index is 12.1. The van der Waals surface area contributed by atoms with Gasteiger partial charge in [-0.2, -0.15) is 5.26 Å². The van der Waals surface area contributed by atoms with Crippen molar-refractivity contribution in [2.75, 3.05) is 0 Å². The lowest BCUT2D eigenvalue weighted by molar-refractivity contribution is 0.0951. The summed E-state index contributed by atoms with van der Waals surface area (Å²) >= 11 is 0. The van der Waals surface area contributed by atoms with Gasteiger partial charge in [0.15, 0.2) is 0 Å². The fourth-order valence-corrected chi connectivity index (χ4v) is 2.23. The van der Waals surface area contributed by atoms with Crippen molar-refractivity contribution in [3.05, 3.63) is 77.5 Å². The summed E-state index contributed by atoms with van der Waals surface area (Å²) in [6.07, 6.45) is 1.76. The summed E-state index contributed by atoms with van der Waals surface area (Å²) in [6.45, 7) is 0.396. The molecule has 4 nitrogen and oxygen atoms in total. The van der Waals surface area contributed by atoms with Crippen molar-refractivity contribution in [1.82, 2.24) is 10.3 Å². The molecule has 22 heavy (non-hydrogen) atoms. The van der Waals surface area contributed by atoms with E-state index < -0.39 is 0 Å². The molecule has 2 aromatic carbocycles. The van der Waals surface area contributed by atoms with Crippen LogP contribution in [0.2, 0.25) is 0 Å². The molecule has 0 aliphatic rings. The molecule has 0 aliphatic heterocycles. The van der Waals surface area contributed by atoms with Crippen molar-refractivity contribution in [2.24, 2.45) is 0 Å². The van der Waals surface area contributed by atoms with E-state index in [1.807, 2.05) is 36.4 Å². The second kappa shape index (κ2) is 6.06. The Morgan fingerprint density at radius 1 is 1.14 bits per heavy atom. The number of hydrogen-bond acceptors (Lipinski definition) is 3. The molecule has 106 valence electrons. The van der Waals surface area contributed by atoms with Crippen LogP contribution in [0.3, 0.4) is 0 Å². The van der Waals surface area contributed by atoms with Crippen LogP contribution in [0.5, 0.6) is 0 Å². The van der Waals surface area contributed by atoms with Crippen molar-refractivity contribution in [3.8, 4) is 6.07 Å². The minimum Gasteiger partial charge on any atom is -0.348 e. The summed E-state index contributed by atoms with van der Waals surface area (Å²) in [4.78, 5) is 16.5. The third-order valence-electron chi connectivity index (χ3n) is 3.35. The number of fused-ring (bicyclic) bond motifs is 1. The summed E-state index contributed by atoms with van der Waals surface area (Å²) in [7, 11) is 0. The third kappa shape index (κ3) is 2.94. The van der Waals surface area contributed by atoms with Crippen molar-refractivity contribution in [3.63, 3.8) is 0 Å². The Morgan fingerprint density at radius 3 is 2.86 bits per heavy atom. The molecule has 0 bridgehead atoms. The van der Waals surface area contributed by atoms with Crippen molar-refractivity contribution in [1.29, 1.82) is 5.26 Å². The van der Waals surface area contributed by atoms with E-state index in [1.165, 1.54) is 0 Å². The predicted octanol–water partition coefficient (Wildman–Crippen LogP) is 3.04. The Kier molecular flexibility index (Phi) is 3.80. The molecular formula is C18H13N3O. The Bertz CT molecular complexity index is 881. The maximum atomic E-state index is 12.1. The molecule has 3 aromatic rings. The molecule has 1 heterocycles. The van der Waals surface area contributed by atoms with Gasteiger partial charge >= 0.3 is 0 Å². The lowest BCUT2D eigenvalue weighted by Crippen LogP contribution is -2.22. The molecule has 1 aromatic heterocycles. The predicted molar refractivity (Wildman–Crippen MR) is 84.1 cm³/mol. The summed E-state index contributed by atoms with van der Waals surface area (Å²) in [5.74, 6) is -0.203. The van der Waals surface area contributed by atoms with Gasteiger partial charge in [0, 0.05) is 23.7 Å². The highest BCUT2D eigenvalue weighted by Gasteiger charge is 2.06. The fourth-order valence-electron chi connectivity index (χ4n) is 2.23. The fraction of sp³-hybridized carbons (Fsp3) is 0.0556. The number of aromatic nitrogens is 1. The molecule has 3 rings (SSSR count). The molecule has 0 atom stereocenters. The van der Waals surface area contributed by atoms with E-state index in [1.54, 1.807) is 30.5 Å². The zero-order valence-electron chi connectivity index (χ0n) is 11.8. The number of benzene rings is 2. The number of pyridine rings is 1. The second-order valence-electron chi connectivity index (χ2n) is 4.91. The van der Waals surface area contributed by atoms with E-state index in [4.69, 9.17) is 5.26 Å². The molecule has 0 aliphatic carbocycles. The van der Waals surface area contributed by atoms with E-state index >= 15 is 0 Å². The van der Waals surface area contributed by atoms with E-state index in [0.29, 0.717) is 17.7 Å². The van der Waals surface area contributed by atoms with Crippen LogP contribution in [-0.2, 0) is 6.54 Å². The molecule has 1 N–H and O–H groups in total. The molecule has 0 spiro atoms. The number of para-hydroxylation sites is 1. The molecule has 0 fully saturated rings. The zero-order chi connectivity index (χ0) is 15.4.